The monoisotopic (exact) mass is 572 g/mol. The van der Waals surface area contributed by atoms with E-state index < -0.39 is 18.4 Å². The van der Waals surface area contributed by atoms with Gasteiger partial charge in [-0.3, -0.25) is 4.79 Å². The highest BCUT2D eigenvalue weighted by molar-refractivity contribution is 5.86. The Bertz CT molecular complexity index is 1240. The minimum Gasteiger partial charge on any atom is -0.449 e. The van der Waals surface area contributed by atoms with E-state index in [9.17, 15) is 9.59 Å². The Morgan fingerprint density at radius 3 is 1.98 bits per heavy atom. The third-order valence-electron chi connectivity index (χ3n) is 7.58. The van der Waals surface area contributed by atoms with Crippen molar-refractivity contribution in [3.63, 3.8) is 0 Å². The van der Waals surface area contributed by atoms with Crippen LogP contribution in [0.5, 0.6) is 0 Å². The van der Waals surface area contributed by atoms with Crippen molar-refractivity contribution in [2.24, 2.45) is 5.92 Å². The van der Waals surface area contributed by atoms with Crippen LogP contribution in [-0.2, 0) is 25.4 Å². The van der Waals surface area contributed by atoms with E-state index in [4.69, 9.17) is 14.2 Å². The van der Waals surface area contributed by atoms with E-state index in [0.29, 0.717) is 32.1 Å². The molecule has 3 aromatic rings. The smallest absolute Gasteiger partial charge is 0.407 e. The molecule has 1 aliphatic rings. The van der Waals surface area contributed by atoms with E-state index in [-0.39, 0.29) is 25.0 Å². The molecular formula is C35H44N2O5. The standard InChI is InChI=1S/C35H44N2O5/c1-5-40-33(41-6-2)23-37(21-20-25(3)4)34(38)32(22-26-14-8-7-9-15-26)36-35(39)42-24-31-29-18-12-10-16-27(29)28-17-11-13-19-30(28)31/h7-19,25,31-33H,5-6,20-24H2,1-4H3,(H,36,39). The summed E-state index contributed by atoms with van der Waals surface area (Å²) in [6, 6.07) is 25.4. The first-order chi connectivity index (χ1) is 20.4. The number of ether oxygens (including phenoxy) is 3. The van der Waals surface area contributed by atoms with E-state index >= 15 is 0 Å². The minimum atomic E-state index is -0.806. The number of carbonyl (C=O) groups excluding carboxylic acids is 2. The zero-order chi connectivity index (χ0) is 29.9. The van der Waals surface area contributed by atoms with Crippen molar-refractivity contribution in [1.82, 2.24) is 10.2 Å². The highest BCUT2D eigenvalue weighted by Gasteiger charge is 2.31. The quantitative estimate of drug-likeness (QED) is 0.213. The number of nitrogens with zero attached hydrogens (tertiary/aromatic N) is 1. The lowest BCUT2D eigenvalue weighted by Crippen LogP contribution is -2.52. The molecule has 0 heterocycles. The molecule has 0 saturated heterocycles. The summed E-state index contributed by atoms with van der Waals surface area (Å²) in [5, 5.41) is 2.91. The van der Waals surface area contributed by atoms with Gasteiger partial charge in [-0.2, -0.15) is 0 Å². The van der Waals surface area contributed by atoms with Crippen molar-refractivity contribution >= 4 is 12.0 Å². The van der Waals surface area contributed by atoms with Gasteiger partial charge in [-0.1, -0.05) is 92.7 Å². The van der Waals surface area contributed by atoms with Crippen molar-refractivity contribution in [2.75, 3.05) is 32.9 Å². The summed E-state index contributed by atoms with van der Waals surface area (Å²) in [5.41, 5.74) is 5.56. The number of carbonyl (C=O) groups is 2. The molecule has 0 fully saturated rings. The summed E-state index contributed by atoms with van der Waals surface area (Å²) >= 11 is 0. The fourth-order valence-corrected chi connectivity index (χ4v) is 5.46. The van der Waals surface area contributed by atoms with Crippen LogP contribution in [0.25, 0.3) is 11.1 Å². The van der Waals surface area contributed by atoms with Crippen molar-refractivity contribution in [3.05, 3.63) is 95.6 Å². The molecule has 42 heavy (non-hydrogen) atoms. The Morgan fingerprint density at radius 2 is 1.40 bits per heavy atom. The SMILES string of the molecule is CCOC(CN(CCC(C)C)C(=O)C(Cc1ccccc1)NC(=O)OCC1c2ccccc2-c2ccccc21)OCC. The molecule has 0 spiro atoms. The van der Waals surface area contributed by atoms with Crippen LogP contribution in [-0.4, -0.2) is 62.1 Å². The maximum Gasteiger partial charge on any atom is 0.407 e. The van der Waals surface area contributed by atoms with Gasteiger partial charge < -0.3 is 24.4 Å². The Morgan fingerprint density at radius 1 is 0.833 bits per heavy atom. The van der Waals surface area contributed by atoms with E-state index in [1.54, 1.807) is 4.90 Å². The van der Waals surface area contributed by atoms with E-state index in [1.165, 1.54) is 0 Å². The summed E-state index contributed by atoms with van der Waals surface area (Å²) in [6.45, 7) is 10.0. The average molecular weight is 573 g/mol. The molecule has 0 aromatic heterocycles. The molecule has 0 saturated carbocycles. The topological polar surface area (TPSA) is 77.1 Å². The molecule has 1 unspecified atom stereocenters. The second-order valence-corrected chi connectivity index (χ2v) is 11.0. The average Bonchev–Trinajstić information content (AvgIpc) is 3.31. The predicted molar refractivity (Wildman–Crippen MR) is 165 cm³/mol. The summed E-state index contributed by atoms with van der Waals surface area (Å²) in [4.78, 5) is 29.1. The van der Waals surface area contributed by atoms with Crippen molar-refractivity contribution in [1.29, 1.82) is 0 Å². The number of nitrogens with one attached hydrogen (secondary N) is 1. The number of hydrogen-bond donors (Lipinski definition) is 1. The van der Waals surface area contributed by atoms with Crippen LogP contribution in [0.4, 0.5) is 4.79 Å². The van der Waals surface area contributed by atoms with Crippen LogP contribution in [0.3, 0.4) is 0 Å². The van der Waals surface area contributed by atoms with E-state index in [0.717, 1.165) is 34.2 Å². The molecular weight excluding hydrogens is 528 g/mol. The molecule has 1 N–H and O–H groups in total. The third kappa shape index (κ3) is 8.20. The molecule has 4 rings (SSSR count). The summed E-state index contributed by atoms with van der Waals surface area (Å²) in [5.74, 6) is 0.158. The minimum absolute atomic E-state index is 0.0629. The number of fused-ring (bicyclic) bond motifs is 3. The molecule has 224 valence electrons. The van der Waals surface area contributed by atoms with Gasteiger partial charge in [0, 0.05) is 32.1 Å². The Hall–Kier alpha value is -3.68. The van der Waals surface area contributed by atoms with Crippen LogP contribution in [0.1, 0.15) is 56.7 Å². The fourth-order valence-electron chi connectivity index (χ4n) is 5.46. The van der Waals surface area contributed by atoms with Gasteiger partial charge in [-0.05, 0) is 54.0 Å². The van der Waals surface area contributed by atoms with Gasteiger partial charge >= 0.3 is 6.09 Å². The number of amides is 2. The highest BCUT2D eigenvalue weighted by atomic mass is 16.7. The lowest BCUT2D eigenvalue weighted by Gasteiger charge is -2.31. The first-order valence-electron chi connectivity index (χ1n) is 15.1. The zero-order valence-electron chi connectivity index (χ0n) is 25.3. The first-order valence-corrected chi connectivity index (χ1v) is 15.1. The fraction of sp³-hybridized carbons (Fsp3) is 0.429. The van der Waals surface area contributed by atoms with Crippen molar-refractivity contribution < 1.29 is 23.8 Å². The third-order valence-corrected chi connectivity index (χ3v) is 7.58. The van der Waals surface area contributed by atoms with Crippen molar-refractivity contribution in [2.45, 2.75) is 58.8 Å². The normalized spacial score (nSPS) is 13.1. The molecule has 3 aromatic carbocycles. The van der Waals surface area contributed by atoms with Gasteiger partial charge in [-0.25, -0.2) is 4.79 Å². The maximum absolute atomic E-state index is 14.1. The van der Waals surface area contributed by atoms with Crippen LogP contribution in [0.15, 0.2) is 78.9 Å². The summed E-state index contributed by atoms with van der Waals surface area (Å²) < 4.78 is 17.4. The van der Waals surface area contributed by atoms with E-state index in [1.807, 2.05) is 68.4 Å². The maximum atomic E-state index is 14.1. The molecule has 7 nitrogen and oxygen atoms in total. The molecule has 1 aliphatic carbocycles. The second-order valence-electron chi connectivity index (χ2n) is 11.0. The number of alkyl carbamates (subject to hydrolysis) is 1. The molecule has 0 bridgehead atoms. The number of benzene rings is 3. The van der Waals surface area contributed by atoms with Crippen LogP contribution in [0.2, 0.25) is 0 Å². The predicted octanol–water partition coefficient (Wildman–Crippen LogP) is 6.41. The molecule has 7 heteroatoms. The van der Waals surface area contributed by atoms with Crippen LogP contribution >= 0.6 is 0 Å². The lowest BCUT2D eigenvalue weighted by atomic mass is 9.98. The summed E-state index contributed by atoms with van der Waals surface area (Å²) in [6.07, 6.45) is 0.0134. The lowest BCUT2D eigenvalue weighted by molar-refractivity contribution is -0.160. The molecule has 2 amide bonds. The summed E-state index contributed by atoms with van der Waals surface area (Å²) in [7, 11) is 0. The molecule has 0 radical (unpaired) electrons. The van der Waals surface area contributed by atoms with Gasteiger partial charge in [0.2, 0.25) is 5.91 Å². The molecule has 0 aliphatic heterocycles. The van der Waals surface area contributed by atoms with Gasteiger partial charge in [-0.15, -0.1) is 0 Å². The Balaban J connectivity index is 1.51. The van der Waals surface area contributed by atoms with Crippen molar-refractivity contribution in [3.8, 4) is 11.1 Å². The second kappa shape index (κ2) is 15.5. The Kier molecular flexibility index (Phi) is 11.6. The largest absolute Gasteiger partial charge is 0.449 e. The van der Waals surface area contributed by atoms with Gasteiger partial charge in [0.1, 0.15) is 12.6 Å². The van der Waals surface area contributed by atoms with Gasteiger partial charge in [0.25, 0.3) is 0 Å². The van der Waals surface area contributed by atoms with Gasteiger partial charge in [0.15, 0.2) is 6.29 Å². The van der Waals surface area contributed by atoms with Gasteiger partial charge in [0.05, 0.1) is 6.54 Å². The van der Waals surface area contributed by atoms with E-state index in [2.05, 4.69) is 43.4 Å². The van der Waals surface area contributed by atoms with Crippen LogP contribution < -0.4 is 5.32 Å². The first kappa shape index (κ1) is 31.3. The zero-order valence-corrected chi connectivity index (χ0v) is 25.3. The molecule has 1 atom stereocenters. The number of rotatable bonds is 15. The number of hydrogen-bond acceptors (Lipinski definition) is 5. The highest BCUT2D eigenvalue weighted by Crippen LogP contribution is 2.44. The Labute approximate surface area is 250 Å². The van der Waals surface area contributed by atoms with Crippen LogP contribution in [0, 0.1) is 5.92 Å².